The van der Waals surface area contributed by atoms with Crippen LogP contribution in [0.4, 0.5) is 0 Å². The van der Waals surface area contributed by atoms with Crippen molar-refractivity contribution in [1.82, 2.24) is 16.0 Å². The van der Waals surface area contributed by atoms with E-state index in [9.17, 15) is 39.6 Å². The Morgan fingerprint density at radius 1 is 0.714 bits per heavy atom. The highest BCUT2D eigenvalue weighted by molar-refractivity contribution is 5.85. The second kappa shape index (κ2) is 13.4. The molecule has 0 bridgehead atoms. The van der Waals surface area contributed by atoms with E-state index in [2.05, 4.69) is 26.0 Å². The first-order valence-corrected chi connectivity index (χ1v) is 13.3. The van der Waals surface area contributed by atoms with Gasteiger partial charge in [0.25, 0.3) is 17.7 Å². The van der Waals surface area contributed by atoms with Crippen LogP contribution in [-0.4, -0.2) is 150 Å². The van der Waals surface area contributed by atoms with Crippen LogP contribution in [0.2, 0.25) is 0 Å². The molecule has 234 valence electrons. The Hall–Kier alpha value is -3.13. The summed E-state index contributed by atoms with van der Waals surface area (Å²) in [6, 6.07) is -4.06. The van der Waals surface area contributed by atoms with Gasteiger partial charge in [0.05, 0.1) is 62.8 Å². The van der Waals surface area contributed by atoms with Crippen molar-refractivity contribution in [3.63, 3.8) is 0 Å². The highest BCUT2D eigenvalue weighted by atomic mass is 16.6. The number of hydrogen-bond donors (Lipinski definition) is 7. The fourth-order valence-electron chi connectivity index (χ4n) is 4.99. The minimum atomic E-state index is -1.52. The van der Waals surface area contributed by atoms with E-state index in [4.69, 9.17) is 29.2 Å². The zero-order valence-corrected chi connectivity index (χ0v) is 22.6. The van der Waals surface area contributed by atoms with Gasteiger partial charge in [0.1, 0.15) is 18.3 Å². The van der Waals surface area contributed by atoms with Crippen LogP contribution < -0.4 is 16.0 Å². The molecule has 42 heavy (non-hydrogen) atoms. The standard InChI is InChI=1S/C23H34N6O13/c1-7(2)42-23(37)19-14(32)10(5-41-19)27-21(35)17-12(30)8(3-39-17)25-20(34)16-13(31)9(4-38-16)26-22(36)18-15(33)11(6-40-18)28-29-24/h7-19,30-33H,3-6H2,1-2H3,(H,25,34)(H,26,36)(H,27,35)/t8-,9-,10-,11-,12+,13+,14+,15+,16-,17-,18-,19-/m0/s1. The summed E-state index contributed by atoms with van der Waals surface area (Å²) in [5.74, 6) is -3.25. The minimum Gasteiger partial charge on any atom is -0.461 e. The molecule has 0 aromatic rings. The molecule has 4 fully saturated rings. The lowest BCUT2D eigenvalue weighted by molar-refractivity contribution is -0.162. The highest BCUT2D eigenvalue weighted by Crippen LogP contribution is 2.22. The average molecular weight is 603 g/mol. The Labute approximate surface area is 238 Å². The van der Waals surface area contributed by atoms with Crippen molar-refractivity contribution in [2.75, 3.05) is 26.4 Å². The molecule has 7 N–H and O–H groups in total. The molecule has 0 aromatic heterocycles. The highest BCUT2D eigenvalue weighted by Gasteiger charge is 2.49. The number of azide groups is 1. The van der Waals surface area contributed by atoms with Crippen molar-refractivity contribution in [3.8, 4) is 0 Å². The summed E-state index contributed by atoms with van der Waals surface area (Å²) < 4.78 is 26.1. The number of rotatable bonds is 9. The molecular weight excluding hydrogens is 568 g/mol. The molecule has 12 atom stereocenters. The van der Waals surface area contributed by atoms with Gasteiger partial charge < -0.3 is 60.1 Å². The van der Waals surface area contributed by atoms with Crippen LogP contribution in [0.5, 0.6) is 0 Å². The first kappa shape index (κ1) is 31.8. The molecule has 0 aliphatic carbocycles. The normalized spacial score (nSPS) is 39.5. The van der Waals surface area contributed by atoms with Crippen LogP contribution in [0.1, 0.15) is 13.8 Å². The molecule has 0 unspecified atom stereocenters. The van der Waals surface area contributed by atoms with Crippen molar-refractivity contribution >= 4 is 23.7 Å². The number of amides is 3. The number of esters is 1. The van der Waals surface area contributed by atoms with Crippen LogP contribution in [0.15, 0.2) is 5.11 Å². The largest absolute Gasteiger partial charge is 0.461 e. The number of carbonyl (C=O) groups is 4. The lowest BCUT2D eigenvalue weighted by Gasteiger charge is -2.23. The van der Waals surface area contributed by atoms with Crippen molar-refractivity contribution < 1.29 is 63.3 Å². The smallest absolute Gasteiger partial charge is 0.338 e. The van der Waals surface area contributed by atoms with Gasteiger partial charge in [-0.15, -0.1) is 0 Å². The number of nitrogens with one attached hydrogen (secondary N) is 3. The van der Waals surface area contributed by atoms with E-state index < -0.39 is 103 Å². The number of hydrogen-bond acceptors (Lipinski definition) is 14. The Balaban J connectivity index is 1.24. The molecule has 4 heterocycles. The van der Waals surface area contributed by atoms with Crippen LogP contribution in [0.3, 0.4) is 0 Å². The fourth-order valence-corrected chi connectivity index (χ4v) is 4.99. The molecule has 0 aromatic carbocycles. The van der Waals surface area contributed by atoms with E-state index in [1.54, 1.807) is 13.8 Å². The first-order chi connectivity index (χ1) is 19.9. The zero-order valence-electron chi connectivity index (χ0n) is 22.6. The molecule has 19 nitrogen and oxygen atoms in total. The summed E-state index contributed by atoms with van der Waals surface area (Å²) >= 11 is 0. The zero-order chi connectivity index (χ0) is 30.7. The maximum atomic E-state index is 12.8. The van der Waals surface area contributed by atoms with Gasteiger partial charge in [-0.3, -0.25) is 14.4 Å². The predicted molar refractivity (Wildman–Crippen MR) is 133 cm³/mol. The summed E-state index contributed by atoms with van der Waals surface area (Å²) in [4.78, 5) is 52.7. The Morgan fingerprint density at radius 2 is 1.10 bits per heavy atom. The van der Waals surface area contributed by atoms with Gasteiger partial charge in [-0.25, -0.2) is 4.79 Å². The Morgan fingerprint density at radius 3 is 1.52 bits per heavy atom. The molecular formula is C23H34N6O13. The second-order valence-electron chi connectivity index (χ2n) is 10.6. The first-order valence-electron chi connectivity index (χ1n) is 13.3. The minimum absolute atomic E-state index is 0.175. The Bertz CT molecular complexity index is 1090. The maximum absolute atomic E-state index is 12.8. The molecule has 19 heteroatoms. The lowest BCUT2D eigenvalue weighted by Crippen LogP contribution is -2.55. The summed E-state index contributed by atoms with van der Waals surface area (Å²) in [6.45, 7) is 2.36. The number of nitrogens with zero attached hydrogens (tertiary/aromatic N) is 3. The Kier molecular flexibility index (Phi) is 10.2. The number of aliphatic hydroxyl groups is 4. The van der Waals surface area contributed by atoms with Gasteiger partial charge in [0.15, 0.2) is 24.4 Å². The van der Waals surface area contributed by atoms with E-state index in [0.29, 0.717) is 0 Å². The molecule has 4 aliphatic rings. The monoisotopic (exact) mass is 602 g/mol. The van der Waals surface area contributed by atoms with Crippen LogP contribution in [0, 0.1) is 0 Å². The lowest BCUT2D eigenvalue weighted by atomic mass is 10.0. The van der Waals surface area contributed by atoms with Crippen molar-refractivity contribution in [2.45, 2.75) is 93.0 Å². The third kappa shape index (κ3) is 6.74. The molecule has 4 saturated heterocycles. The number of aliphatic hydroxyl groups excluding tert-OH is 4. The summed E-state index contributed by atoms with van der Waals surface area (Å²) in [7, 11) is 0. The predicted octanol–water partition coefficient (Wildman–Crippen LogP) is -4.89. The van der Waals surface area contributed by atoms with E-state index in [0.717, 1.165) is 0 Å². The van der Waals surface area contributed by atoms with E-state index in [-0.39, 0.29) is 26.4 Å². The summed E-state index contributed by atoms with van der Waals surface area (Å²) in [6.07, 6.45) is -11.8. The van der Waals surface area contributed by atoms with Gasteiger partial charge in [-0.1, -0.05) is 5.11 Å². The molecule has 0 radical (unpaired) electrons. The molecule has 0 saturated carbocycles. The van der Waals surface area contributed by atoms with Crippen molar-refractivity contribution in [2.24, 2.45) is 5.11 Å². The van der Waals surface area contributed by atoms with Gasteiger partial charge in [-0.05, 0) is 19.4 Å². The van der Waals surface area contributed by atoms with Crippen LogP contribution >= 0.6 is 0 Å². The molecule has 3 amide bonds. The van der Waals surface area contributed by atoms with Crippen LogP contribution in [-0.2, 0) is 42.9 Å². The topological polar surface area (TPSA) is 280 Å². The van der Waals surface area contributed by atoms with Crippen LogP contribution in [0.25, 0.3) is 10.4 Å². The van der Waals surface area contributed by atoms with E-state index in [1.807, 2.05) is 0 Å². The number of ether oxygens (including phenoxy) is 5. The summed E-state index contributed by atoms with van der Waals surface area (Å²) in [5.41, 5.74) is 8.52. The number of carbonyl (C=O) groups excluding carboxylic acids is 4. The second-order valence-corrected chi connectivity index (χ2v) is 10.6. The average Bonchev–Trinajstić information content (AvgIpc) is 3.68. The van der Waals surface area contributed by atoms with E-state index in [1.165, 1.54) is 0 Å². The fraction of sp³-hybridized carbons (Fsp3) is 0.826. The van der Waals surface area contributed by atoms with Gasteiger partial charge in [0.2, 0.25) is 0 Å². The third-order valence-corrected chi connectivity index (χ3v) is 7.23. The summed E-state index contributed by atoms with van der Waals surface area (Å²) in [5, 5.41) is 52.4. The van der Waals surface area contributed by atoms with Gasteiger partial charge in [0, 0.05) is 4.91 Å². The SMILES string of the molecule is CC(C)OC(=O)[C@H]1OC[C@H](NC(=O)[C@H]2OC[C@H](NC(=O)[C@H]3OC[C@H](NC(=O)[C@H]4OC[C@H](N=[N+]=[N-])[C@H]4O)[C@H]3O)[C@H]2O)[C@H]1O. The quantitative estimate of drug-likeness (QED) is 0.0565. The van der Waals surface area contributed by atoms with E-state index >= 15 is 0 Å². The van der Waals surface area contributed by atoms with Gasteiger partial charge >= 0.3 is 5.97 Å². The molecule has 0 spiro atoms. The third-order valence-electron chi connectivity index (χ3n) is 7.23. The van der Waals surface area contributed by atoms with Crippen molar-refractivity contribution in [3.05, 3.63) is 10.4 Å². The molecule has 4 aliphatic heterocycles. The molecule has 4 rings (SSSR count). The van der Waals surface area contributed by atoms with Crippen molar-refractivity contribution in [1.29, 1.82) is 0 Å². The van der Waals surface area contributed by atoms with Gasteiger partial charge in [-0.2, -0.15) is 0 Å². The maximum Gasteiger partial charge on any atom is 0.338 e.